The zero-order valence-corrected chi connectivity index (χ0v) is 13.1. The topological polar surface area (TPSA) is 47.3 Å². The molecular weight excluding hydrogens is 286 g/mol. The molecule has 1 amide bonds. The summed E-state index contributed by atoms with van der Waals surface area (Å²) >= 11 is 0. The van der Waals surface area contributed by atoms with Gasteiger partial charge in [-0.1, -0.05) is 42.5 Å². The van der Waals surface area contributed by atoms with Gasteiger partial charge in [0.1, 0.15) is 0 Å². The van der Waals surface area contributed by atoms with E-state index in [9.17, 15) is 10.1 Å². The fourth-order valence-corrected chi connectivity index (χ4v) is 3.03. The molecule has 1 atom stereocenters. The van der Waals surface area contributed by atoms with Crippen LogP contribution in [0.15, 0.2) is 54.6 Å². The number of rotatable bonds is 2. The highest BCUT2D eigenvalue weighted by Gasteiger charge is 2.29. The summed E-state index contributed by atoms with van der Waals surface area (Å²) in [6.07, 6.45) is 0. The number of benzene rings is 2. The monoisotopic (exact) mass is 305 g/mol. The van der Waals surface area contributed by atoms with Crippen molar-refractivity contribution in [3.8, 4) is 6.07 Å². The molecule has 2 aromatic carbocycles. The molecule has 0 saturated carbocycles. The summed E-state index contributed by atoms with van der Waals surface area (Å²) in [4.78, 5) is 16.9. The second-order valence-corrected chi connectivity index (χ2v) is 5.82. The number of hydrogen-bond acceptors (Lipinski definition) is 3. The zero-order valence-electron chi connectivity index (χ0n) is 13.1. The van der Waals surface area contributed by atoms with Crippen molar-refractivity contribution in [2.24, 2.45) is 0 Å². The standard InChI is InChI=1S/C19H19N3O/c1-21-11-12-22(14-18(21)15-7-3-2-4-8-15)19(23)17-10-6-5-9-16(17)13-20/h2-10,18H,11-12,14H2,1H3. The van der Waals surface area contributed by atoms with E-state index >= 15 is 0 Å². The summed E-state index contributed by atoms with van der Waals surface area (Å²) in [6.45, 7) is 2.14. The summed E-state index contributed by atoms with van der Waals surface area (Å²) in [5.41, 5.74) is 2.14. The molecule has 4 nitrogen and oxygen atoms in total. The number of likely N-dealkylation sites (N-methyl/N-ethyl adjacent to an activating group) is 1. The van der Waals surface area contributed by atoms with Crippen molar-refractivity contribution in [2.45, 2.75) is 6.04 Å². The van der Waals surface area contributed by atoms with Crippen molar-refractivity contribution < 1.29 is 4.79 Å². The molecule has 0 N–H and O–H groups in total. The van der Waals surface area contributed by atoms with E-state index in [0.29, 0.717) is 24.2 Å². The van der Waals surface area contributed by atoms with Gasteiger partial charge in [-0.25, -0.2) is 0 Å². The van der Waals surface area contributed by atoms with Crippen molar-refractivity contribution >= 4 is 5.91 Å². The van der Waals surface area contributed by atoms with E-state index in [1.807, 2.05) is 23.1 Å². The molecule has 0 spiro atoms. The third kappa shape index (κ3) is 3.10. The van der Waals surface area contributed by atoms with Gasteiger partial charge in [-0.2, -0.15) is 5.26 Å². The lowest BCUT2D eigenvalue weighted by molar-refractivity contribution is 0.0546. The number of carbonyl (C=O) groups excluding carboxylic acids is 1. The van der Waals surface area contributed by atoms with Crippen LogP contribution >= 0.6 is 0 Å². The highest BCUT2D eigenvalue weighted by atomic mass is 16.2. The number of amides is 1. The molecule has 1 fully saturated rings. The molecule has 1 unspecified atom stereocenters. The van der Waals surface area contributed by atoms with Gasteiger partial charge in [0, 0.05) is 19.6 Å². The molecule has 3 rings (SSSR count). The predicted octanol–water partition coefficient (Wildman–Crippen LogP) is 2.69. The lowest BCUT2D eigenvalue weighted by Crippen LogP contribution is -2.49. The van der Waals surface area contributed by atoms with Gasteiger partial charge in [0.05, 0.1) is 23.2 Å². The number of nitriles is 1. The van der Waals surface area contributed by atoms with Gasteiger partial charge < -0.3 is 4.90 Å². The van der Waals surface area contributed by atoms with Gasteiger partial charge in [-0.3, -0.25) is 9.69 Å². The van der Waals surface area contributed by atoms with Crippen LogP contribution < -0.4 is 0 Å². The maximum absolute atomic E-state index is 12.8. The zero-order chi connectivity index (χ0) is 16.2. The van der Waals surface area contributed by atoms with Crippen LogP contribution in [0.1, 0.15) is 27.5 Å². The summed E-state index contributed by atoms with van der Waals surface area (Å²) in [5, 5.41) is 9.21. The van der Waals surface area contributed by atoms with Gasteiger partial charge in [0.15, 0.2) is 0 Å². The van der Waals surface area contributed by atoms with Gasteiger partial charge in [0.25, 0.3) is 5.91 Å². The Labute approximate surface area is 136 Å². The molecule has 2 aromatic rings. The Balaban J connectivity index is 1.84. The molecule has 0 aliphatic carbocycles. The number of piperazine rings is 1. The molecule has 1 heterocycles. The molecule has 1 saturated heterocycles. The third-order valence-electron chi connectivity index (χ3n) is 4.40. The molecular formula is C19H19N3O. The average Bonchev–Trinajstić information content (AvgIpc) is 2.62. The molecule has 0 aromatic heterocycles. The van der Waals surface area contributed by atoms with E-state index in [1.165, 1.54) is 5.56 Å². The first kappa shape index (κ1) is 15.3. The van der Waals surface area contributed by atoms with Gasteiger partial charge in [-0.05, 0) is 24.7 Å². The Morgan fingerprint density at radius 3 is 2.52 bits per heavy atom. The smallest absolute Gasteiger partial charge is 0.255 e. The molecule has 0 radical (unpaired) electrons. The molecule has 4 heteroatoms. The number of carbonyl (C=O) groups is 1. The van der Waals surface area contributed by atoms with Crippen LogP contribution in [-0.2, 0) is 0 Å². The van der Waals surface area contributed by atoms with E-state index in [2.05, 4.69) is 30.1 Å². The lowest BCUT2D eigenvalue weighted by atomic mass is 10.0. The van der Waals surface area contributed by atoms with Crippen molar-refractivity contribution in [1.82, 2.24) is 9.80 Å². The van der Waals surface area contributed by atoms with Crippen molar-refractivity contribution in [3.63, 3.8) is 0 Å². The minimum Gasteiger partial charge on any atom is -0.335 e. The minimum atomic E-state index is -0.0591. The van der Waals surface area contributed by atoms with E-state index < -0.39 is 0 Å². The van der Waals surface area contributed by atoms with Gasteiger partial charge in [-0.15, -0.1) is 0 Å². The van der Waals surface area contributed by atoms with Crippen LogP contribution in [0.3, 0.4) is 0 Å². The summed E-state index contributed by atoms with van der Waals surface area (Å²) in [6, 6.07) is 19.5. The highest BCUT2D eigenvalue weighted by molar-refractivity contribution is 5.96. The molecule has 116 valence electrons. The normalized spacial score (nSPS) is 18.4. The van der Waals surface area contributed by atoms with E-state index in [0.717, 1.165) is 6.54 Å². The van der Waals surface area contributed by atoms with Crippen LogP contribution in [0.4, 0.5) is 0 Å². The maximum atomic E-state index is 12.8. The molecule has 1 aliphatic heterocycles. The van der Waals surface area contributed by atoms with Gasteiger partial charge in [0.2, 0.25) is 0 Å². The van der Waals surface area contributed by atoms with Crippen molar-refractivity contribution in [2.75, 3.05) is 26.7 Å². The Bertz CT molecular complexity index is 736. The molecule has 1 aliphatic rings. The Morgan fingerprint density at radius 1 is 1.09 bits per heavy atom. The van der Waals surface area contributed by atoms with E-state index in [-0.39, 0.29) is 11.9 Å². The van der Waals surface area contributed by atoms with Crippen LogP contribution in [0.5, 0.6) is 0 Å². The Morgan fingerprint density at radius 2 is 1.78 bits per heavy atom. The second kappa shape index (κ2) is 6.64. The van der Waals surface area contributed by atoms with Gasteiger partial charge >= 0.3 is 0 Å². The fraction of sp³-hybridized carbons (Fsp3) is 0.263. The Hall–Kier alpha value is -2.64. The Kier molecular flexibility index (Phi) is 4.40. The summed E-state index contributed by atoms with van der Waals surface area (Å²) in [7, 11) is 2.09. The molecule has 0 bridgehead atoms. The minimum absolute atomic E-state index is 0.0591. The highest BCUT2D eigenvalue weighted by Crippen LogP contribution is 2.25. The number of nitrogens with zero attached hydrogens (tertiary/aromatic N) is 3. The largest absolute Gasteiger partial charge is 0.335 e. The third-order valence-corrected chi connectivity index (χ3v) is 4.40. The first-order chi connectivity index (χ1) is 11.2. The first-order valence-electron chi connectivity index (χ1n) is 7.74. The number of hydrogen-bond donors (Lipinski definition) is 0. The second-order valence-electron chi connectivity index (χ2n) is 5.82. The van der Waals surface area contributed by atoms with E-state index in [1.54, 1.807) is 24.3 Å². The first-order valence-corrected chi connectivity index (χ1v) is 7.74. The SMILES string of the molecule is CN1CCN(C(=O)c2ccccc2C#N)CC1c1ccccc1. The fourth-order valence-electron chi connectivity index (χ4n) is 3.03. The van der Waals surface area contributed by atoms with Crippen molar-refractivity contribution in [3.05, 3.63) is 71.3 Å². The maximum Gasteiger partial charge on any atom is 0.255 e. The summed E-state index contributed by atoms with van der Waals surface area (Å²) < 4.78 is 0. The lowest BCUT2D eigenvalue weighted by Gasteiger charge is -2.39. The van der Waals surface area contributed by atoms with Crippen LogP contribution in [-0.4, -0.2) is 42.4 Å². The molecule has 23 heavy (non-hydrogen) atoms. The predicted molar refractivity (Wildman–Crippen MR) is 88.9 cm³/mol. The quantitative estimate of drug-likeness (QED) is 0.857. The summed E-state index contributed by atoms with van der Waals surface area (Å²) in [5.74, 6) is -0.0591. The van der Waals surface area contributed by atoms with Crippen LogP contribution in [0.25, 0.3) is 0 Å². The van der Waals surface area contributed by atoms with E-state index in [4.69, 9.17) is 0 Å². The van der Waals surface area contributed by atoms with Crippen LogP contribution in [0.2, 0.25) is 0 Å². The van der Waals surface area contributed by atoms with Crippen LogP contribution in [0, 0.1) is 11.3 Å². The van der Waals surface area contributed by atoms with Crippen molar-refractivity contribution in [1.29, 1.82) is 5.26 Å². The average molecular weight is 305 g/mol.